The van der Waals surface area contributed by atoms with E-state index in [4.69, 9.17) is 9.84 Å². The molecule has 0 aromatic carbocycles. The van der Waals surface area contributed by atoms with Gasteiger partial charge in [-0.3, -0.25) is 4.79 Å². The lowest BCUT2D eigenvalue weighted by molar-refractivity contribution is -0.148. The van der Waals surface area contributed by atoms with Gasteiger partial charge in [0.2, 0.25) is 0 Å². The Morgan fingerprint density at radius 1 is 1.33 bits per heavy atom. The van der Waals surface area contributed by atoms with E-state index >= 15 is 0 Å². The fourth-order valence-corrected chi connectivity index (χ4v) is 1.83. The van der Waals surface area contributed by atoms with Gasteiger partial charge in [-0.15, -0.1) is 0 Å². The molecule has 5 heteroatoms. The van der Waals surface area contributed by atoms with Gasteiger partial charge < -0.3 is 15.2 Å². The minimum absolute atomic E-state index is 0.292. The quantitative estimate of drug-likeness (QED) is 0.706. The van der Waals surface area contributed by atoms with Crippen LogP contribution in [0.15, 0.2) is 0 Å². The van der Waals surface area contributed by atoms with E-state index in [1.807, 2.05) is 0 Å². The predicted molar refractivity (Wildman–Crippen MR) is 51.3 cm³/mol. The van der Waals surface area contributed by atoms with Crippen LogP contribution >= 0.6 is 0 Å². The van der Waals surface area contributed by atoms with E-state index < -0.39 is 17.1 Å². The molecule has 2 rings (SSSR count). The van der Waals surface area contributed by atoms with Gasteiger partial charge in [0.25, 0.3) is 5.91 Å². The van der Waals surface area contributed by atoms with Gasteiger partial charge in [-0.2, -0.15) is 0 Å². The summed E-state index contributed by atoms with van der Waals surface area (Å²) >= 11 is 0. The van der Waals surface area contributed by atoms with Gasteiger partial charge in [0, 0.05) is 6.61 Å². The first-order valence-corrected chi connectivity index (χ1v) is 5.19. The Bertz CT molecular complexity index is 303. The lowest BCUT2D eigenvalue weighted by Crippen LogP contribution is -2.52. The Morgan fingerprint density at radius 2 is 2.00 bits per heavy atom. The Hall–Kier alpha value is -1.10. The number of hydrogen-bond acceptors (Lipinski definition) is 3. The van der Waals surface area contributed by atoms with Gasteiger partial charge in [-0.25, -0.2) is 4.79 Å². The second-order valence-electron chi connectivity index (χ2n) is 4.52. The number of carboxylic acid groups (broad SMARTS) is 1. The van der Waals surface area contributed by atoms with E-state index in [0.717, 1.165) is 6.42 Å². The van der Waals surface area contributed by atoms with Gasteiger partial charge >= 0.3 is 5.97 Å². The van der Waals surface area contributed by atoms with Crippen molar-refractivity contribution in [1.29, 1.82) is 0 Å². The number of rotatable bonds is 3. The molecule has 0 spiro atoms. The van der Waals surface area contributed by atoms with Crippen LogP contribution in [-0.4, -0.2) is 34.7 Å². The van der Waals surface area contributed by atoms with E-state index in [1.165, 1.54) is 0 Å². The molecule has 5 nitrogen and oxygen atoms in total. The summed E-state index contributed by atoms with van der Waals surface area (Å²) in [5.41, 5.74) is -1.84. The fraction of sp³-hybridized carbons (Fsp3) is 0.800. The zero-order valence-corrected chi connectivity index (χ0v) is 8.71. The van der Waals surface area contributed by atoms with Crippen molar-refractivity contribution in [1.82, 2.24) is 5.32 Å². The summed E-state index contributed by atoms with van der Waals surface area (Å²) in [5.74, 6) is -1.24. The number of nitrogens with one attached hydrogen (secondary N) is 1. The normalized spacial score (nSPS) is 32.3. The summed E-state index contributed by atoms with van der Waals surface area (Å²) in [4.78, 5) is 22.7. The van der Waals surface area contributed by atoms with Crippen molar-refractivity contribution < 1.29 is 19.4 Å². The third-order valence-electron chi connectivity index (χ3n) is 3.21. The lowest BCUT2D eigenvalue weighted by Gasteiger charge is -2.24. The van der Waals surface area contributed by atoms with Gasteiger partial charge in [0.15, 0.2) is 0 Å². The highest BCUT2D eigenvalue weighted by Crippen LogP contribution is 2.37. The molecule has 2 fully saturated rings. The van der Waals surface area contributed by atoms with E-state index in [9.17, 15) is 9.59 Å². The summed E-state index contributed by atoms with van der Waals surface area (Å²) in [5, 5.41) is 11.5. The van der Waals surface area contributed by atoms with Crippen LogP contribution in [0.5, 0.6) is 0 Å². The van der Waals surface area contributed by atoms with Crippen molar-refractivity contribution in [3.63, 3.8) is 0 Å². The summed E-state index contributed by atoms with van der Waals surface area (Å²) in [6.07, 6.45) is 2.55. The van der Waals surface area contributed by atoms with Gasteiger partial charge in [-0.05, 0) is 32.6 Å². The molecule has 84 valence electrons. The fourth-order valence-electron chi connectivity index (χ4n) is 1.83. The van der Waals surface area contributed by atoms with E-state index in [0.29, 0.717) is 25.9 Å². The van der Waals surface area contributed by atoms with Crippen LogP contribution in [0.25, 0.3) is 0 Å². The van der Waals surface area contributed by atoms with E-state index in [1.54, 1.807) is 6.92 Å². The molecule has 2 aliphatic rings. The minimum Gasteiger partial charge on any atom is -0.480 e. The van der Waals surface area contributed by atoms with Crippen LogP contribution < -0.4 is 5.32 Å². The highest BCUT2D eigenvalue weighted by molar-refractivity contribution is 5.93. The molecule has 1 atom stereocenters. The zero-order valence-electron chi connectivity index (χ0n) is 8.71. The summed E-state index contributed by atoms with van der Waals surface area (Å²) in [6, 6.07) is 0. The third kappa shape index (κ3) is 1.71. The minimum atomic E-state index is -1.01. The number of ether oxygens (including phenoxy) is 1. The standard InChI is InChI=1S/C10H15NO4/c1-9(3-2-6-15-9)7(12)11-10(4-5-10)8(13)14/h2-6H2,1H3,(H,11,12)(H,13,14). The molecule has 1 saturated carbocycles. The van der Waals surface area contributed by atoms with Crippen molar-refractivity contribution in [3.05, 3.63) is 0 Å². The molecule has 0 aromatic heterocycles. The molecule has 2 N–H and O–H groups in total. The molecular formula is C10H15NO4. The average Bonchev–Trinajstić information content (AvgIpc) is 2.82. The first kappa shape index (κ1) is 10.4. The molecule has 1 unspecified atom stereocenters. The number of amides is 1. The monoisotopic (exact) mass is 213 g/mol. The smallest absolute Gasteiger partial charge is 0.329 e. The molecule has 0 bridgehead atoms. The molecule has 1 saturated heterocycles. The maximum absolute atomic E-state index is 11.8. The van der Waals surface area contributed by atoms with Crippen molar-refractivity contribution in [2.45, 2.75) is 43.7 Å². The topological polar surface area (TPSA) is 75.6 Å². The van der Waals surface area contributed by atoms with Gasteiger partial charge in [0.1, 0.15) is 11.1 Å². The summed E-state index contributed by atoms with van der Waals surface area (Å²) in [7, 11) is 0. The summed E-state index contributed by atoms with van der Waals surface area (Å²) in [6.45, 7) is 2.29. The highest BCUT2D eigenvalue weighted by atomic mass is 16.5. The summed E-state index contributed by atoms with van der Waals surface area (Å²) < 4.78 is 5.35. The van der Waals surface area contributed by atoms with Crippen LogP contribution in [0.3, 0.4) is 0 Å². The zero-order chi connectivity index (χ0) is 11.1. The number of carbonyl (C=O) groups excluding carboxylic acids is 1. The van der Waals surface area contributed by atoms with E-state index in [-0.39, 0.29) is 5.91 Å². The molecule has 1 heterocycles. The predicted octanol–water partition coefficient (Wildman–Crippen LogP) is 0.289. The molecule has 1 aliphatic heterocycles. The van der Waals surface area contributed by atoms with Crippen LogP contribution in [0.2, 0.25) is 0 Å². The van der Waals surface area contributed by atoms with Crippen molar-refractivity contribution >= 4 is 11.9 Å². The van der Waals surface area contributed by atoms with Crippen molar-refractivity contribution in [2.75, 3.05) is 6.61 Å². The maximum Gasteiger partial charge on any atom is 0.329 e. The molecule has 15 heavy (non-hydrogen) atoms. The maximum atomic E-state index is 11.8. The Balaban J connectivity index is 2.01. The highest BCUT2D eigenvalue weighted by Gasteiger charge is 2.54. The van der Waals surface area contributed by atoms with Crippen molar-refractivity contribution in [2.24, 2.45) is 0 Å². The van der Waals surface area contributed by atoms with Crippen LogP contribution in [0.1, 0.15) is 32.6 Å². The first-order valence-electron chi connectivity index (χ1n) is 5.19. The largest absolute Gasteiger partial charge is 0.480 e. The number of carbonyl (C=O) groups is 2. The SMILES string of the molecule is CC1(C(=O)NC2(C(=O)O)CC2)CCCO1. The second kappa shape index (κ2) is 3.20. The number of carboxylic acids is 1. The Kier molecular flexibility index (Phi) is 2.22. The van der Waals surface area contributed by atoms with Crippen molar-refractivity contribution in [3.8, 4) is 0 Å². The lowest BCUT2D eigenvalue weighted by atomic mass is 10.0. The molecular weight excluding hydrogens is 198 g/mol. The third-order valence-corrected chi connectivity index (χ3v) is 3.21. The van der Waals surface area contributed by atoms with Crippen LogP contribution in [-0.2, 0) is 14.3 Å². The van der Waals surface area contributed by atoms with Gasteiger partial charge in [-0.1, -0.05) is 0 Å². The van der Waals surface area contributed by atoms with E-state index in [2.05, 4.69) is 5.32 Å². The second-order valence-corrected chi connectivity index (χ2v) is 4.52. The first-order chi connectivity index (χ1) is 6.99. The molecule has 1 amide bonds. The number of hydrogen-bond donors (Lipinski definition) is 2. The Labute approximate surface area is 87.8 Å². The number of aliphatic carboxylic acids is 1. The van der Waals surface area contributed by atoms with Crippen LogP contribution in [0.4, 0.5) is 0 Å². The molecule has 1 aliphatic carbocycles. The van der Waals surface area contributed by atoms with Crippen LogP contribution in [0, 0.1) is 0 Å². The Morgan fingerprint density at radius 3 is 2.40 bits per heavy atom. The molecule has 0 aromatic rings. The van der Waals surface area contributed by atoms with Gasteiger partial charge in [0.05, 0.1) is 0 Å². The average molecular weight is 213 g/mol. The molecule has 0 radical (unpaired) electrons.